The first-order chi connectivity index (χ1) is 9.92. The van der Waals surface area contributed by atoms with Crippen molar-refractivity contribution in [3.05, 3.63) is 30.3 Å². The Bertz CT molecular complexity index is 374. The molecule has 1 saturated carbocycles. The van der Waals surface area contributed by atoms with Crippen molar-refractivity contribution in [1.29, 1.82) is 0 Å². The monoisotopic (exact) mass is 272 g/mol. The Morgan fingerprint density at radius 3 is 2.00 bits per heavy atom. The summed E-state index contributed by atoms with van der Waals surface area (Å²) >= 11 is 0. The van der Waals surface area contributed by atoms with Crippen molar-refractivity contribution >= 4 is 5.69 Å². The van der Waals surface area contributed by atoms with Gasteiger partial charge in [-0.25, -0.2) is 0 Å². The summed E-state index contributed by atoms with van der Waals surface area (Å²) in [6.07, 6.45) is 11.2. The molecule has 2 aliphatic rings. The molecule has 1 aromatic rings. The fourth-order valence-electron chi connectivity index (χ4n) is 3.72. The van der Waals surface area contributed by atoms with Gasteiger partial charge in [-0.15, -0.1) is 0 Å². The molecule has 0 unspecified atom stereocenters. The molecule has 1 aliphatic heterocycles. The SMILES string of the molecule is c1ccc(N2CCC(NC3CCCCCC3)CC2)cc1. The van der Waals surface area contributed by atoms with Crippen LogP contribution in [0.3, 0.4) is 0 Å². The van der Waals surface area contributed by atoms with E-state index < -0.39 is 0 Å². The first-order valence-electron chi connectivity index (χ1n) is 8.48. The van der Waals surface area contributed by atoms with E-state index in [1.54, 1.807) is 0 Å². The van der Waals surface area contributed by atoms with Crippen molar-refractivity contribution in [1.82, 2.24) is 5.32 Å². The van der Waals surface area contributed by atoms with E-state index in [0.29, 0.717) is 0 Å². The summed E-state index contributed by atoms with van der Waals surface area (Å²) in [5.41, 5.74) is 1.39. The second-order valence-corrected chi connectivity index (χ2v) is 6.45. The van der Waals surface area contributed by atoms with Crippen molar-refractivity contribution in [3.8, 4) is 0 Å². The number of rotatable bonds is 3. The van der Waals surface area contributed by atoms with Crippen LogP contribution in [0.15, 0.2) is 30.3 Å². The highest BCUT2D eigenvalue weighted by molar-refractivity contribution is 5.46. The van der Waals surface area contributed by atoms with Crippen LogP contribution in [0, 0.1) is 0 Å². The predicted octanol–water partition coefficient (Wildman–Crippen LogP) is 3.97. The summed E-state index contributed by atoms with van der Waals surface area (Å²) in [5.74, 6) is 0. The van der Waals surface area contributed by atoms with Gasteiger partial charge < -0.3 is 10.2 Å². The fraction of sp³-hybridized carbons (Fsp3) is 0.667. The number of piperidine rings is 1. The predicted molar refractivity (Wildman–Crippen MR) is 86.3 cm³/mol. The van der Waals surface area contributed by atoms with Gasteiger partial charge in [0.2, 0.25) is 0 Å². The number of hydrogen-bond donors (Lipinski definition) is 1. The van der Waals surface area contributed by atoms with Crippen LogP contribution in [0.5, 0.6) is 0 Å². The quantitative estimate of drug-likeness (QED) is 0.838. The van der Waals surface area contributed by atoms with Crippen LogP contribution < -0.4 is 10.2 Å². The maximum Gasteiger partial charge on any atom is 0.0366 e. The molecule has 1 saturated heterocycles. The molecule has 0 aromatic heterocycles. The number of hydrogen-bond acceptors (Lipinski definition) is 2. The zero-order valence-electron chi connectivity index (χ0n) is 12.6. The van der Waals surface area contributed by atoms with Crippen molar-refractivity contribution in [2.24, 2.45) is 0 Å². The van der Waals surface area contributed by atoms with E-state index in [2.05, 4.69) is 40.5 Å². The molecule has 110 valence electrons. The lowest BCUT2D eigenvalue weighted by Gasteiger charge is -2.35. The molecular weight excluding hydrogens is 244 g/mol. The number of anilines is 1. The third-order valence-corrected chi connectivity index (χ3v) is 4.94. The van der Waals surface area contributed by atoms with Crippen LogP contribution in [-0.4, -0.2) is 25.2 Å². The Labute approximate surface area is 123 Å². The van der Waals surface area contributed by atoms with E-state index in [0.717, 1.165) is 12.1 Å². The van der Waals surface area contributed by atoms with Gasteiger partial charge in [0.1, 0.15) is 0 Å². The third-order valence-electron chi connectivity index (χ3n) is 4.94. The van der Waals surface area contributed by atoms with E-state index in [1.807, 2.05) is 0 Å². The van der Waals surface area contributed by atoms with E-state index in [-0.39, 0.29) is 0 Å². The average molecular weight is 272 g/mol. The van der Waals surface area contributed by atoms with Gasteiger partial charge in [0.05, 0.1) is 0 Å². The maximum atomic E-state index is 3.94. The van der Waals surface area contributed by atoms with Gasteiger partial charge in [-0.3, -0.25) is 0 Å². The highest BCUT2D eigenvalue weighted by Gasteiger charge is 2.22. The molecule has 0 radical (unpaired) electrons. The van der Waals surface area contributed by atoms with E-state index in [9.17, 15) is 0 Å². The highest BCUT2D eigenvalue weighted by Crippen LogP contribution is 2.22. The van der Waals surface area contributed by atoms with E-state index in [1.165, 1.54) is 70.1 Å². The fourth-order valence-corrected chi connectivity index (χ4v) is 3.72. The summed E-state index contributed by atoms with van der Waals surface area (Å²) in [6.45, 7) is 2.41. The molecule has 0 bridgehead atoms. The van der Waals surface area contributed by atoms with Gasteiger partial charge >= 0.3 is 0 Å². The summed E-state index contributed by atoms with van der Waals surface area (Å²) in [5, 5.41) is 3.94. The average Bonchev–Trinajstić information content (AvgIpc) is 2.78. The number of nitrogens with one attached hydrogen (secondary N) is 1. The second-order valence-electron chi connectivity index (χ2n) is 6.45. The van der Waals surface area contributed by atoms with Crippen molar-refractivity contribution in [2.75, 3.05) is 18.0 Å². The standard InChI is InChI=1S/C18H28N2/c1-2-5-9-16(8-4-1)19-17-12-14-20(15-13-17)18-10-6-3-7-11-18/h3,6-7,10-11,16-17,19H,1-2,4-5,8-9,12-15H2. The molecule has 0 spiro atoms. The van der Waals surface area contributed by atoms with Crippen LogP contribution in [0.1, 0.15) is 51.4 Å². The largest absolute Gasteiger partial charge is 0.371 e. The Hall–Kier alpha value is -1.02. The van der Waals surface area contributed by atoms with Gasteiger partial charge in [0.15, 0.2) is 0 Å². The zero-order valence-corrected chi connectivity index (χ0v) is 12.6. The van der Waals surface area contributed by atoms with Gasteiger partial charge in [-0.05, 0) is 37.8 Å². The normalized spacial score (nSPS) is 22.7. The molecule has 0 amide bonds. The molecule has 3 rings (SSSR count). The van der Waals surface area contributed by atoms with Gasteiger partial charge in [-0.2, -0.15) is 0 Å². The van der Waals surface area contributed by atoms with Gasteiger partial charge in [0.25, 0.3) is 0 Å². The first kappa shape index (κ1) is 13.9. The molecule has 2 fully saturated rings. The lowest BCUT2D eigenvalue weighted by atomic mass is 10.0. The minimum absolute atomic E-state index is 0.748. The maximum absolute atomic E-state index is 3.94. The molecule has 1 aromatic carbocycles. The minimum atomic E-state index is 0.748. The Kier molecular flexibility index (Phi) is 4.96. The van der Waals surface area contributed by atoms with Crippen molar-refractivity contribution in [3.63, 3.8) is 0 Å². The van der Waals surface area contributed by atoms with E-state index >= 15 is 0 Å². The molecule has 0 atom stereocenters. The number of nitrogens with zero attached hydrogens (tertiary/aromatic N) is 1. The summed E-state index contributed by atoms with van der Waals surface area (Å²) < 4.78 is 0. The Morgan fingerprint density at radius 1 is 0.750 bits per heavy atom. The third kappa shape index (κ3) is 3.76. The van der Waals surface area contributed by atoms with Crippen LogP contribution in [0.25, 0.3) is 0 Å². The molecule has 2 nitrogen and oxygen atoms in total. The van der Waals surface area contributed by atoms with Crippen LogP contribution in [-0.2, 0) is 0 Å². The molecular formula is C18H28N2. The molecule has 1 aliphatic carbocycles. The smallest absolute Gasteiger partial charge is 0.0366 e. The summed E-state index contributed by atoms with van der Waals surface area (Å²) in [7, 11) is 0. The lowest BCUT2D eigenvalue weighted by molar-refractivity contribution is 0.345. The molecule has 20 heavy (non-hydrogen) atoms. The topological polar surface area (TPSA) is 15.3 Å². The van der Waals surface area contributed by atoms with Crippen LogP contribution in [0.4, 0.5) is 5.69 Å². The number of benzene rings is 1. The molecule has 2 heteroatoms. The summed E-state index contributed by atoms with van der Waals surface area (Å²) in [6, 6.07) is 12.4. The summed E-state index contributed by atoms with van der Waals surface area (Å²) in [4.78, 5) is 2.53. The van der Waals surface area contributed by atoms with Gasteiger partial charge in [-0.1, -0.05) is 43.9 Å². The lowest BCUT2D eigenvalue weighted by Crippen LogP contribution is -2.46. The van der Waals surface area contributed by atoms with E-state index in [4.69, 9.17) is 0 Å². The highest BCUT2D eigenvalue weighted by atomic mass is 15.1. The molecule has 1 heterocycles. The molecule has 1 N–H and O–H groups in total. The zero-order chi connectivity index (χ0) is 13.6. The number of para-hydroxylation sites is 1. The second kappa shape index (κ2) is 7.12. The Balaban J connectivity index is 1.46. The minimum Gasteiger partial charge on any atom is -0.371 e. The first-order valence-corrected chi connectivity index (χ1v) is 8.48. The van der Waals surface area contributed by atoms with Gasteiger partial charge in [0, 0.05) is 30.9 Å². The van der Waals surface area contributed by atoms with Crippen LogP contribution in [0.2, 0.25) is 0 Å². The van der Waals surface area contributed by atoms with Crippen molar-refractivity contribution in [2.45, 2.75) is 63.5 Å². The van der Waals surface area contributed by atoms with Crippen molar-refractivity contribution < 1.29 is 0 Å². The Morgan fingerprint density at radius 2 is 1.35 bits per heavy atom. The van der Waals surface area contributed by atoms with Crippen LogP contribution >= 0.6 is 0 Å².